The molecule has 6 aromatic rings. The smallest absolute Gasteiger partial charge is 0.137 e. The molecule has 0 aliphatic carbocycles. The van der Waals surface area contributed by atoms with Crippen LogP contribution in [0.25, 0.3) is 37.0 Å². The second kappa shape index (κ2) is 7.97. The molecule has 5 heteroatoms. The largest absolute Gasteiger partial charge is 0.457 e. The van der Waals surface area contributed by atoms with Crippen LogP contribution in [-0.2, 0) is 5.41 Å². The van der Waals surface area contributed by atoms with Crippen LogP contribution in [-0.4, -0.2) is 9.55 Å². The van der Waals surface area contributed by atoms with Crippen molar-refractivity contribution in [1.82, 2.24) is 9.55 Å². The maximum absolute atomic E-state index is 6.24. The first-order valence-electron chi connectivity index (χ1n) is 11.2. The van der Waals surface area contributed by atoms with Crippen molar-refractivity contribution >= 4 is 58.5 Å². The van der Waals surface area contributed by atoms with Crippen molar-refractivity contribution in [2.75, 3.05) is 0 Å². The highest BCUT2D eigenvalue weighted by Gasteiger charge is 2.21. The first kappa shape index (κ1) is 21.4. The number of nitrogens with zero attached hydrogens (tertiary/aromatic N) is 2. The lowest BCUT2D eigenvalue weighted by Crippen LogP contribution is -2.12. The fraction of sp³-hybridized carbons (Fsp3) is 0.138. The molecule has 0 amide bonds. The maximum Gasteiger partial charge on any atom is 0.137 e. The Morgan fingerprint density at radius 1 is 0.853 bits per heavy atom. The lowest BCUT2D eigenvalue weighted by Gasteiger charge is -2.20. The summed E-state index contributed by atoms with van der Waals surface area (Å²) in [5.74, 6) is 2.52. The van der Waals surface area contributed by atoms with Gasteiger partial charge < -0.3 is 4.74 Å². The number of benzene rings is 3. The number of aromatic nitrogens is 2. The molecule has 0 aliphatic rings. The Morgan fingerprint density at radius 2 is 1.68 bits per heavy atom. The van der Waals surface area contributed by atoms with Crippen molar-refractivity contribution in [2.45, 2.75) is 26.2 Å². The summed E-state index contributed by atoms with van der Waals surface area (Å²) in [5.41, 5.74) is 3.59. The van der Waals surface area contributed by atoms with Gasteiger partial charge in [-0.2, -0.15) is 0 Å². The van der Waals surface area contributed by atoms with Crippen LogP contribution in [0.4, 0.5) is 0 Å². The summed E-state index contributed by atoms with van der Waals surface area (Å²) in [5, 5.41) is 2.46. The number of rotatable bonds is 3. The van der Waals surface area contributed by atoms with E-state index in [1.807, 2.05) is 41.8 Å². The quantitative estimate of drug-likeness (QED) is 0.229. The van der Waals surface area contributed by atoms with Gasteiger partial charge in [-0.1, -0.05) is 61.0 Å². The van der Waals surface area contributed by atoms with Gasteiger partial charge >= 0.3 is 0 Å². The van der Waals surface area contributed by atoms with Crippen LogP contribution < -0.4 is 4.74 Å². The molecule has 3 heterocycles. The highest BCUT2D eigenvalue weighted by atomic mass is 79.9. The highest BCUT2D eigenvalue weighted by Crippen LogP contribution is 2.43. The van der Waals surface area contributed by atoms with Gasteiger partial charge in [0, 0.05) is 32.2 Å². The van der Waals surface area contributed by atoms with Crippen molar-refractivity contribution in [3.05, 3.63) is 95.1 Å². The molecule has 0 atom stereocenters. The van der Waals surface area contributed by atoms with Crippen molar-refractivity contribution < 1.29 is 4.74 Å². The topological polar surface area (TPSA) is 27.1 Å². The molecule has 168 valence electrons. The zero-order valence-electron chi connectivity index (χ0n) is 19.2. The van der Waals surface area contributed by atoms with Gasteiger partial charge in [-0.05, 0) is 59.5 Å². The lowest BCUT2D eigenvalue weighted by atomic mass is 9.88. The monoisotopic (exact) mass is 526 g/mol. The van der Waals surface area contributed by atoms with Crippen LogP contribution in [0, 0.1) is 0 Å². The minimum Gasteiger partial charge on any atom is -0.457 e. The SMILES string of the molecule is CC(C)(C)c1ccnc(-n2c3cc(Oc4cccc(Br)c4)ccc3c3sc4ccccc4c32)c1. The fourth-order valence-corrected chi connectivity index (χ4v) is 6.02. The third-order valence-electron chi connectivity index (χ3n) is 6.12. The summed E-state index contributed by atoms with van der Waals surface area (Å²) in [6.07, 6.45) is 1.92. The van der Waals surface area contributed by atoms with Crippen molar-refractivity contribution in [2.24, 2.45) is 0 Å². The molecule has 3 nitrogen and oxygen atoms in total. The van der Waals surface area contributed by atoms with Crippen LogP contribution in [0.3, 0.4) is 0 Å². The molecule has 0 saturated heterocycles. The van der Waals surface area contributed by atoms with Gasteiger partial charge in [0.05, 0.1) is 15.7 Å². The van der Waals surface area contributed by atoms with Crippen molar-refractivity contribution in [3.8, 4) is 17.3 Å². The van der Waals surface area contributed by atoms with E-state index < -0.39 is 0 Å². The first-order chi connectivity index (χ1) is 16.4. The van der Waals surface area contributed by atoms with Crippen LogP contribution >= 0.6 is 27.3 Å². The van der Waals surface area contributed by atoms with Gasteiger partial charge in [-0.25, -0.2) is 4.98 Å². The Morgan fingerprint density at radius 3 is 2.50 bits per heavy atom. The first-order valence-corrected chi connectivity index (χ1v) is 12.9. The van der Waals surface area contributed by atoms with Gasteiger partial charge in [0.25, 0.3) is 0 Å². The van der Waals surface area contributed by atoms with E-state index in [0.29, 0.717) is 0 Å². The molecular weight excluding hydrogens is 504 g/mol. The Labute approximate surface area is 210 Å². The summed E-state index contributed by atoms with van der Waals surface area (Å²) in [6.45, 7) is 6.71. The van der Waals surface area contributed by atoms with E-state index in [2.05, 4.69) is 95.9 Å². The fourth-order valence-electron chi connectivity index (χ4n) is 4.42. The average Bonchev–Trinajstić information content (AvgIpc) is 3.33. The van der Waals surface area contributed by atoms with Gasteiger partial charge in [0.1, 0.15) is 17.3 Å². The molecule has 0 saturated carbocycles. The van der Waals surface area contributed by atoms with E-state index in [4.69, 9.17) is 9.72 Å². The zero-order chi connectivity index (χ0) is 23.4. The van der Waals surface area contributed by atoms with Crippen molar-refractivity contribution in [3.63, 3.8) is 0 Å². The van der Waals surface area contributed by atoms with Crippen LogP contribution in [0.5, 0.6) is 11.5 Å². The number of thiophene rings is 1. The molecule has 0 N–H and O–H groups in total. The summed E-state index contributed by atoms with van der Waals surface area (Å²) < 4.78 is 12.1. The van der Waals surface area contributed by atoms with Crippen LogP contribution in [0.2, 0.25) is 0 Å². The van der Waals surface area contributed by atoms with Crippen LogP contribution in [0.1, 0.15) is 26.3 Å². The minimum atomic E-state index is 0.0332. The molecule has 0 radical (unpaired) electrons. The number of ether oxygens (including phenoxy) is 1. The van der Waals surface area contributed by atoms with Gasteiger partial charge in [0.15, 0.2) is 0 Å². The summed E-state index contributed by atoms with van der Waals surface area (Å²) >= 11 is 5.36. The number of pyridine rings is 1. The average molecular weight is 527 g/mol. The predicted molar refractivity (Wildman–Crippen MR) is 147 cm³/mol. The normalized spacial score (nSPS) is 12.1. The Balaban J connectivity index is 1.63. The van der Waals surface area contributed by atoms with E-state index in [1.54, 1.807) is 0 Å². The summed E-state index contributed by atoms with van der Waals surface area (Å²) in [6, 6.07) is 27.2. The van der Waals surface area contributed by atoms with E-state index in [0.717, 1.165) is 27.3 Å². The third kappa shape index (κ3) is 3.60. The summed E-state index contributed by atoms with van der Waals surface area (Å²) in [4.78, 5) is 4.83. The lowest BCUT2D eigenvalue weighted by molar-refractivity contribution is 0.483. The molecule has 3 aromatic carbocycles. The van der Waals surface area contributed by atoms with E-state index >= 15 is 0 Å². The predicted octanol–water partition coefficient (Wildman–Crippen LogP) is 9.25. The number of hydrogen-bond acceptors (Lipinski definition) is 3. The Kier molecular flexibility index (Phi) is 5.01. The second-order valence-corrected chi connectivity index (χ2v) is 11.5. The number of hydrogen-bond donors (Lipinski definition) is 0. The zero-order valence-corrected chi connectivity index (χ0v) is 21.6. The molecule has 0 fully saturated rings. The molecule has 6 rings (SSSR count). The standard InChI is InChI=1S/C29H23BrN2OS/c1-29(2,3)18-13-14-31-26(15-18)32-24-17-21(33-20-8-6-7-19(30)16-20)11-12-22(24)28-27(32)23-9-4-5-10-25(23)34-28/h4-17H,1-3H3. The van der Waals surface area contributed by atoms with Gasteiger partial charge in [0.2, 0.25) is 0 Å². The molecule has 0 spiro atoms. The van der Waals surface area contributed by atoms with E-state index in [1.165, 1.54) is 31.3 Å². The number of halogens is 1. The Hall–Kier alpha value is -3.15. The van der Waals surface area contributed by atoms with Crippen molar-refractivity contribution in [1.29, 1.82) is 0 Å². The highest BCUT2D eigenvalue weighted by molar-refractivity contribution is 9.10. The molecule has 34 heavy (non-hydrogen) atoms. The van der Waals surface area contributed by atoms with E-state index in [-0.39, 0.29) is 5.41 Å². The van der Waals surface area contributed by atoms with E-state index in [9.17, 15) is 0 Å². The molecule has 0 unspecified atom stereocenters. The maximum atomic E-state index is 6.24. The molecular formula is C29H23BrN2OS. The summed E-state index contributed by atoms with van der Waals surface area (Å²) in [7, 11) is 0. The number of fused-ring (bicyclic) bond motifs is 5. The molecule has 0 aliphatic heterocycles. The van der Waals surface area contributed by atoms with Gasteiger partial charge in [-0.15, -0.1) is 11.3 Å². The third-order valence-corrected chi connectivity index (χ3v) is 7.81. The van der Waals surface area contributed by atoms with Gasteiger partial charge in [-0.3, -0.25) is 4.57 Å². The molecule has 3 aromatic heterocycles. The molecule has 0 bridgehead atoms. The Bertz CT molecular complexity index is 1690. The minimum absolute atomic E-state index is 0.0332. The van der Waals surface area contributed by atoms with Crippen LogP contribution in [0.15, 0.2) is 89.5 Å². The second-order valence-electron chi connectivity index (χ2n) is 9.50.